The van der Waals surface area contributed by atoms with Gasteiger partial charge in [0.25, 0.3) is 0 Å². The summed E-state index contributed by atoms with van der Waals surface area (Å²) in [7, 11) is 4.15. The van der Waals surface area contributed by atoms with E-state index in [1.54, 1.807) is 0 Å². The molecule has 2 rings (SSSR count). The quantitative estimate of drug-likeness (QED) is 0.665. The Morgan fingerprint density at radius 2 is 1.83 bits per heavy atom. The number of nitrogens with zero attached hydrogens (tertiary/aromatic N) is 2. The summed E-state index contributed by atoms with van der Waals surface area (Å²) in [5.74, 6) is 0.922. The van der Waals surface area contributed by atoms with E-state index in [4.69, 9.17) is 4.74 Å². The molecule has 0 bridgehead atoms. The van der Waals surface area contributed by atoms with Crippen molar-refractivity contribution in [1.82, 2.24) is 9.88 Å². The van der Waals surface area contributed by atoms with Gasteiger partial charge < -0.3 is 9.64 Å². The van der Waals surface area contributed by atoms with Crippen LogP contribution >= 0.6 is 15.9 Å². The molecule has 23 heavy (non-hydrogen) atoms. The first-order valence-electron chi connectivity index (χ1n) is 7.89. The van der Waals surface area contributed by atoms with Gasteiger partial charge in [0, 0.05) is 22.6 Å². The zero-order chi connectivity index (χ0) is 16.9. The number of benzene rings is 1. The van der Waals surface area contributed by atoms with Gasteiger partial charge in [-0.25, -0.2) is 0 Å². The van der Waals surface area contributed by atoms with Crippen molar-refractivity contribution in [2.24, 2.45) is 0 Å². The van der Waals surface area contributed by atoms with Crippen molar-refractivity contribution in [2.45, 2.75) is 25.7 Å². The monoisotopic (exact) mass is 376 g/mol. The second-order valence-electron chi connectivity index (χ2n) is 6.51. The molecular formula is C19H25BrN2O. The molecule has 0 saturated heterocycles. The number of halogens is 1. The third kappa shape index (κ3) is 5.05. The van der Waals surface area contributed by atoms with E-state index in [2.05, 4.69) is 72.0 Å². The standard InChI is InChI=1S/C19H25BrN2O/c1-19(2,18-14-16(20)10-11-21-18)15-6-8-17(9-7-15)23-13-5-12-22(3)4/h6-11,14H,5,12-13H2,1-4H3. The van der Waals surface area contributed by atoms with Crippen LogP contribution in [0.25, 0.3) is 0 Å². The Bertz CT molecular complexity index is 624. The van der Waals surface area contributed by atoms with Crippen LogP contribution in [0.3, 0.4) is 0 Å². The molecule has 0 aliphatic rings. The second kappa shape index (κ2) is 7.93. The third-order valence-electron chi connectivity index (χ3n) is 3.96. The van der Waals surface area contributed by atoms with Gasteiger partial charge in [0.15, 0.2) is 0 Å². The van der Waals surface area contributed by atoms with Gasteiger partial charge in [0.2, 0.25) is 0 Å². The minimum atomic E-state index is -0.146. The Labute approximate surface area is 147 Å². The molecule has 0 spiro atoms. The normalized spacial score (nSPS) is 11.7. The van der Waals surface area contributed by atoms with Crippen LogP contribution in [0.2, 0.25) is 0 Å². The van der Waals surface area contributed by atoms with E-state index < -0.39 is 0 Å². The maximum atomic E-state index is 5.80. The first kappa shape index (κ1) is 18.0. The van der Waals surface area contributed by atoms with Crippen molar-refractivity contribution in [2.75, 3.05) is 27.2 Å². The molecule has 3 nitrogen and oxygen atoms in total. The number of pyridine rings is 1. The van der Waals surface area contributed by atoms with Gasteiger partial charge in [-0.1, -0.05) is 41.9 Å². The molecule has 0 saturated carbocycles. The number of aromatic nitrogens is 1. The minimum absolute atomic E-state index is 0.146. The molecule has 124 valence electrons. The molecule has 0 amide bonds. The first-order chi connectivity index (χ1) is 10.9. The lowest BCUT2D eigenvalue weighted by Gasteiger charge is -2.25. The zero-order valence-corrected chi connectivity index (χ0v) is 15.9. The fraction of sp³-hybridized carbons (Fsp3) is 0.421. The molecule has 0 aliphatic heterocycles. The van der Waals surface area contributed by atoms with Crippen LogP contribution < -0.4 is 4.74 Å². The minimum Gasteiger partial charge on any atom is -0.494 e. The van der Waals surface area contributed by atoms with Crippen molar-refractivity contribution in [3.63, 3.8) is 0 Å². The average molecular weight is 377 g/mol. The number of rotatable bonds is 7. The Kier molecular flexibility index (Phi) is 6.19. The van der Waals surface area contributed by atoms with Crippen molar-refractivity contribution in [3.05, 3.63) is 58.3 Å². The van der Waals surface area contributed by atoms with E-state index in [0.29, 0.717) is 0 Å². The van der Waals surface area contributed by atoms with E-state index in [1.165, 1.54) is 5.56 Å². The van der Waals surface area contributed by atoms with Crippen LogP contribution in [0.15, 0.2) is 47.1 Å². The van der Waals surface area contributed by atoms with Gasteiger partial charge in [-0.3, -0.25) is 4.98 Å². The lowest BCUT2D eigenvalue weighted by Crippen LogP contribution is -2.20. The predicted octanol–water partition coefficient (Wildman–Crippen LogP) is 4.50. The summed E-state index contributed by atoms with van der Waals surface area (Å²) in [6, 6.07) is 12.4. The molecule has 1 aromatic carbocycles. The summed E-state index contributed by atoms with van der Waals surface area (Å²) in [5.41, 5.74) is 2.13. The highest BCUT2D eigenvalue weighted by molar-refractivity contribution is 9.10. The van der Waals surface area contributed by atoms with E-state index in [9.17, 15) is 0 Å². The SMILES string of the molecule is CN(C)CCCOc1ccc(C(C)(C)c2cc(Br)ccn2)cc1. The Balaban J connectivity index is 2.03. The molecule has 0 unspecified atom stereocenters. The lowest BCUT2D eigenvalue weighted by molar-refractivity contribution is 0.281. The summed E-state index contributed by atoms with van der Waals surface area (Å²) >= 11 is 3.52. The summed E-state index contributed by atoms with van der Waals surface area (Å²) in [5, 5.41) is 0. The highest BCUT2D eigenvalue weighted by Crippen LogP contribution is 2.32. The zero-order valence-electron chi connectivity index (χ0n) is 14.3. The molecular weight excluding hydrogens is 352 g/mol. The number of hydrogen-bond acceptors (Lipinski definition) is 3. The van der Waals surface area contributed by atoms with E-state index in [-0.39, 0.29) is 5.41 Å². The van der Waals surface area contributed by atoms with Crippen LogP contribution in [0, 0.1) is 0 Å². The Morgan fingerprint density at radius 1 is 1.13 bits per heavy atom. The van der Waals surface area contributed by atoms with Crippen LogP contribution in [-0.2, 0) is 5.41 Å². The van der Waals surface area contributed by atoms with Crippen molar-refractivity contribution in [1.29, 1.82) is 0 Å². The van der Waals surface area contributed by atoms with Crippen LogP contribution in [0.5, 0.6) is 5.75 Å². The van der Waals surface area contributed by atoms with E-state index >= 15 is 0 Å². The lowest BCUT2D eigenvalue weighted by atomic mass is 9.81. The fourth-order valence-electron chi connectivity index (χ4n) is 2.43. The smallest absolute Gasteiger partial charge is 0.119 e. The van der Waals surface area contributed by atoms with Gasteiger partial charge in [0.05, 0.1) is 12.3 Å². The van der Waals surface area contributed by atoms with Gasteiger partial charge in [-0.2, -0.15) is 0 Å². The van der Waals surface area contributed by atoms with Gasteiger partial charge in [0.1, 0.15) is 5.75 Å². The third-order valence-corrected chi connectivity index (χ3v) is 4.45. The van der Waals surface area contributed by atoms with Crippen molar-refractivity contribution in [3.8, 4) is 5.75 Å². The molecule has 0 fully saturated rings. The Hall–Kier alpha value is -1.39. The summed E-state index contributed by atoms with van der Waals surface area (Å²) in [4.78, 5) is 6.69. The molecule has 0 radical (unpaired) electrons. The van der Waals surface area contributed by atoms with Crippen LogP contribution in [0.4, 0.5) is 0 Å². The molecule has 0 N–H and O–H groups in total. The summed E-state index contributed by atoms with van der Waals surface area (Å²) in [6.07, 6.45) is 2.87. The molecule has 4 heteroatoms. The number of hydrogen-bond donors (Lipinski definition) is 0. The van der Waals surface area contributed by atoms with Gasteiger partial charge in [-0.05, 0) is 50.3 Å². The second-order valence-corrected chi connectivity index (χ2v) is 7.43. The molecule has 1 aromatic heterocycles. The molecule has 2 aromatic rings. The molecule has 0 atom stereocenters. The van der Waals surface area contributed by atoms with Crippen molar-refractivity contribution < 1.29 is 4.74 Å². The first-order valence-corrected chi connectivity index (χ1v) is 8.69. The van der Waals surface area contributed by atoms with E-state index in [1.807, 2.05) is 24.4 Å². The largest absolute Gasteiger partial charge is 0.494 e. The van der Waals surface area contributed by atoms with E-state index in [0.717, 1.165) is 35.5 Å². The van der Waals surface area contributed by atoms with Gasteiger partial charge in [-0.15, -0.1) is 0 Å². The molecule has 0 aliphatic carbocycles. The van der Waals surface area contributed by atoms with Gasteiger partial charge >= 0.3 is 0 Å². The summed E-state index contributed by atoms with van der Waals surface area (Å²) in [6.45, 7) is 6.16. The topological polar surface area (TPSA) is 25.4 Å². The maximum absolute atomic E-state index is 5.80. The maximum Gasteiger partial charge on any atom is 0.119 e. The van der Waals surface area contributed by atoms with Crippen LogP contribution in [-0.4, -0.2) is 37.1 Å². The fourth-order valence-corrected chi connectivity index (χ4v) is 2.77. The average Bonchev–Trinajstić information content (AvgIpc) is 2.52. The summed E-state index contributed by atoms with van der Waals surface area (Å²) < 4.78 is 6.85. The highest BCUT2D eigenvalue weighted by atomic mass is 79.9. The highest BCUT2D eigenvalue weighted by Gasteiger charge is 2.24. The molecule has 1 heterocycles. The predicted molar refractivity (Wildman–Crippen MR) is 99.2 cm³/mol. The Morgan fingerprint density at radius 3 is 2.43 bits per heavy atom. The van der Waals surface area contributed by atoms with Crippen molar-refractivity contribution >= 4 is 15.9 Å². The number of ether oxygens (including phenoxy) is 1. The van der Waals surface area contributed by atoms with Crippen LogP contribution in [0.1, 0.15) is 31.5 Å².